The lowest BCUT2D eigenvalue weighted by Gasteiger charge is -2.33. The Kier molecular flexibility index (Phi) is 4.42. The van der Waals surface area contributed by atoms with Crippen LogP contribution in [0.15, 0.2) is 0 Å². The highest BCUT2D eigenvalue weighted by molar-refractivity contribution is 4.84. The minimum absolute atomic E-state index is 0.680. The van der Waals surface area contributed by atoms with Gasteiger partial charge in [-0.3, -0.25) is 4.90 Å². The summed E-state index contributed by atoms with van der Waals surface area (Å²) in [5, 5.41) is 0. The zero-order chi connectivity index (χ0) is 10.5. The largest absolute Gasteiger partial charge is 0.380 e. The minimum Gasteiger partial charge on any atom is -0.380 e. The van der Waals surface area contributed by atoms with Crippen LogP contribution in [0, 0.1) is 0 Å². The summed E-state index contributed by atoms with van der Waals surface area (Å²) in [7, 11) is 0. The van der Waals surface area contributed by atoms with Crippen molar-refractivity contribution in [3.8, 4) is 0 Å². The minimum atomic E-state index is 0.680. The molecule has 3 heteroatoms. The van der Waals surface area contributed by atoms with E-state index in [4.69, 9.17) is 10.5 Å². The van der Waals surface area contributed by atoms with Gasteiger partial charge in [-0.2, -0.15) is 0 Å². The van der Waals surface area contributed by atoms with Gasteiger partial charge in [-0.1, -0.05) is 12.8 Å². The highest BCUT2D eigenvalue weighted by atomic mass is 16.5. The normalized spacial score (nSPS) is 28.0. The maximum Gasteiger partial charge on any atom is 0.0622 e. The average Bonchev–Trinajstić information content (AvgIpc) is 2.90. The maximum atomic E-state index is 5.62. The van der Waals surface area contributed by atoms with Gasteiger partial charge < -0.3 is 10.5 Å². The molecule has 1 aliphatic carbocycles. The number of ether oxygens (including phenoxy) is 1. The Morgan fingerprint density at radius 1 is 1.13 bits per heavy atom. The number of nitrogens with two attached hydrogens (primary N) is 1. The van der Waals surface area contributed by atoms with Crippen LogP contribution in [-0.4, -0.2) is 43.3 Å². The first-order chi connectivity index (χ1) is 7.42. The summed E-state index contributed by atoms with van der Waals surface area (Å²) >= 11 is 0. The van der Waals surface area contributed by atoms with Crippen LogP contribution in [0.25, 0.3) is 0 Å². The van der Waals surface area contributed by atoms with Gasteiger partial charge in [-0.05, 0) is 32.2 Å². The van der Waals surface area contributed by atoms with Gasteiger partial charge in [0.25, 0.3) is 0 Å². The van der Waals surface area contributed by atoms with Crippen molar-refractivity contribution in [2.75, 3.05) is 26.3 Å². The van der Waals surface area contributed by atoms with E-state index in [9.17, 15) is 0 Å². The third-order valence-electron chi connectivity index (χ3n) is 3.79. The van der Waals surface area contributed by atoms with Crippen LogP contribution in [0.1, 0.15) is 38.5 Å². The molecule has 0 radical (unpaired) electrons. The molecular weight excluding hydrogens is 188 g/mol. The monoisotopic (exact) mass is 212 g/mol. The van der Waals surface area contributed by atoms with Gasteiger partial charge in [0.15, 0.2) is 0 Å². The summed E-state index contributed by atoms with van der Waals surface area (Å²) in [5.41, 5.74) is 5.62. The van der Waals surface area contributed by atoms with Gasteiger partial charge in [0.1, 0.15) is 0 Å². The number of nitrogens with zero attached hydrogens (tertiary/aromatic N) is 1. The standard InChI is InChI=1S/C12H24N2O/c13-7-3-8-14(11-4-1-2-5-11)12-6-9-15-10-12/h11-12H,1-10,13H2. The maximum absolute atomic E-state index is 5.62. The quantitative estimate of drug-likeness (QED) is 0.748. The third-order valence-corrected chi connectivity index (χ3v) is 3.79. The van der Waals surface area contributed by atoms with Gasteiger partial charge >= 0.3 is 0 Å². The predicted octanol–water partition coefficient (Wildman–Crippen LogP) is 1.37. The second-order valence-corrected chi connectivity index (χ2v) is 4.84. The Morgan fingerprint density at radius 2 is 1.93 bits per heavy atom. The summed E-state index contributed by atoms with van der Waals surface area (Å²) < 4.78 is 5.50. The molecule has 0 spiro atoms. The van der Waals surface area contributed by atoms with Gasteiger partial charge in [-0.15, -0.1) is 0 Å². The van der Waals surface area contributed by atoms with Crippen LogP contribution in [0.4, 0.5) is 0 Å². The van der Waals surface area contributed by atoms with Crippen molar-refractivity contribution in [2.45, 2.75) is 50.6 Å². The lowest BCUT2D eigenvalue weighted by Crippen LogP contribution is -2.43. The Bertz CT molecular complexity index is 158. The number of hydrogen-bond donors (Lipinski definition) is 1. The molecule has 1 aliphatic heterocycles. The first-order valence-corrected chi connectivity index (χ1v) is 6.45. The molecule has 2 N–H and O–H groups in total. The van der Waals surface area contributed by atoms with Crippen LogP contribution < -0.4 is 5.73 Å². The highest BCUT2D eigenvalue weighted by Gasteiger charge is 2.30. The second kappa shape index (κ2) is 5.83. The SMILES string of the molecule is NCCCN(C1CCCC1)C1CCOC1. The Hall–Kier alpha value is -0.120. The molecule has 0 aromatic rings. The van der Waals surface area contributed by atoms with E-state index >= 15 is 0 Å². The van der Waals surface area contributed by atoms with Crippen LogP contribution in [0.5, 0.6) is 0 Å². The summed E-state index contributed by atoms with van der Waals surface area (Å²) in [5.74, 6) is 0. The van der Waals surface area contributed by atoms with E-state index in [2.05, 4.69) is 4.90 Å². The molecule has 0 bridgehead atoms. The smallest absolute Gasteiger partial charge is 0.0622 e. The van der Waals surface area contributed by atoms with Gasteiger partial charge in [0, 0.05) is 25.2 Å². The van der Waals surface area contributed by atoms with Gasteiger partial charge in [-0.25, -0.2) is 0 Å². The first kappa shape index (κ1) is 11.4. The van der Waals surface area contributed by atoms with E-state index in [-0.39, 0.29) is 0 Å². The summed E-state index contributed by atoms with van der Waals surface area (Å²) in [4.78, 5) is 2.69. The number of rotatable bonds is 5. The molecule has 1 unspecified atom stereocenters. The lowest BCUT2D eigenvalue weighted by atomic mass is 10.1. The van der Waals surface area contributed by atoms with Crippen molar-refractivity contribution >= 4 is 0 Å². The molecule has 0 aromatic carbocycles. The van der Waals surface area contributed by atoms with E-state index in [0.29, 0.717) is 6.04 Å². The van der Waals surface area contributed by atoms with Crippen molar-refractivity contribution in [3.63, 3.8) is 0 Å². The van der Waals surface area contributed by atoms with E-state index < -0.39 is 0 Å². The number of hydrogen-bond acceptors (Lipinski definition) is 3. The molecule has 0 aromatic heterocycles. The fourth-order valence-corrected chi connectivity index (χ4v) is 2.96. The second-order valence-electron chi connectivity index (χ2n) is 4.84. The van der Waals surface area contributed by atoms with E-state index in [0.717, 1.165) is 32.2 Å². The molecule has 1 saturated carbocycles. The van der Waals surface area contributed by atoms with Gasteiger partial charge in [0.2, 0.25) is 0 Å². The molecule has 3 nitrogen and oxygen atoms in total. The Balaban J connectivity index is 1.88. The lowest BCUT2D eigenvalue weighted by molar-refractivity contribution is 0.109. The zero-order valence-corrected chi connectivity index (χ0v) is 9.66. The Labute approximate surface area is 93.0 Å². The van der Waals surface area contributed by atoms with E-state index in [1.54, 1.807) is 0 Å². The molecule has 1 heterocycles. The van der Waals surface area contributed by atoms with E-state index in [1.165, 1.54) is 38.6 Å². The predicted molar refractivity (Wildman–Crippen MR) is 61.9 cm³/mol. The molecular formula is C12H24N2O. The van der Waals surface area contributed by atoms with Crippen LogP contribution in [0.2, 0.25) is 0 Å². The van der Waals surface area contributed by atoms with Crippen LogP contribution in [-0.2, 0) is 4.74 Å². The zero-order valence-electron chi connectivity index (χ0n) is 9.66. The van der Waals surface area contributed by atoms with Crippen molar-refractivity contribution in [3.05, 3.63) is 0 Å². The Morgan fingerprint density at radius 3 is 2.53 bits per heavy atom. The molecule has 15 heavy (non-hydrogen) atoms. The molecule has 2 rings (SSSR count). The van der Waals surface area contributed by atoms with E-state index in [1.807, 2.05) is 0 Å². The van der Waals surface area contributed by atoms with Crippen LogP contribution >= 0.6 is 0 Å². The first-order valence-electron chi connectivity index (χ1n) is 6.45. The summed E-state index contributed by atoms with van der Waals surface area (Å²) in [6, 6.07) is 1.50. The summed E-state index contributed by atoms with van der Waals surface area (Å²) in [6.07, 6.45) is 7.96. The summed E-state index contributed by atoms with van der Waals surface area (Å²) in [6.45, 7) is 3.89. The van der Waals surface area contributed by atoms with Crippen LogP contribution in [0.3, 0.4) is 0 Å². The average molecular weight is 212 g/mol. The highest BCUT2D eigenvalue weighted by Crippen LogP contribution is 2.27. The molecule has 1 saturated heterocycles. The van der Waals surface area contributed by atoms with Gasteiger partial charge in [0.05, 0.1) is 6.61 Å². The van der Waals surface area contributed by atoms with Crippen molar-refractivity contribution in [1.29, 1.82) is 0 Å². The molecule has 0 amide bonds. The topological polar surface area (TPSA) is 38.5 Å². The third kappa shape index (κ3) is 2.92. The molecule has 1 atom stereocenters. The van der Waals surface area contributed by atoms with Crippen molar-refractivity contribution in [1.82, 2.24) is 4.90 Å². The fraction of sp³-hybridized carbons (Fsp3) is 1.00. The van der Waals surface area contributed by atoms with Crippen molar-refractivity contribution in [2.24, 2.45) is 5.73 Å². The molecule has 2 aliphatic rings. The molecule has 2 fully saturated rings. The fourth-order valence-electron chi connectivity index (χ4n) is 2.96. The van der Waals surface area contributed by atoms with Crippen molar-refractivity contribution < 1.29 is 4.74 Å². The molecule has 88 valence electrons.